The Hall–Kier alpha value is -2.17. The van der Waals surface area contributed by atoms with Crippen molar-refractivity contribution in [2.45, 2.75) is 0 Å². The highest BCUT2D eigenvalue weighted by atomic mass is 16.4. The second-order valence-corrected chi connectivity index (χ2v) is 3.02. The molecule has 2 aromatic rings. The summed E-state index contributed by atoms with van der Waals surface area (Å²) in [7, 11) is 1.75. The topological polar surface area (TPSA) is 63.3 Å². The quantitative estimate of drug-likeness (QED) is 0.449. The third-order valence-electron chi connectivity index (χ3n) is 2.07. The van der Waals surface area contributed by atoms with E-state index in [2.05, 4.69) is 15.2 Å². The summed E-state index contributed by atoms with van der Waals surface area (Å²) >= 11 is 0. The summed E-state index contributed by atoms with van der Waals surface area (Å²) in [6.07, 6.45) is 1.42. The Morgan fingerprint density at radius 3 is 2.60 bits per heavy atom. The molecule has 0 aliphatic heterocycles. The van der Waals surface area contributed by atoms with Gasteiger partial charge in [0.25, 0.3) is 0 Å². The highest BCUT2D eigenvalue weighted by Gasteiger charge is 2.12. The molecular weight excluding hydrogens is 192 g/mol. The molecule has 0 unspecified atom stereocenters. The first-order chi connectivity index (χ1) is 7.33. The number of rotatable bonds is 2. The molecular formula is C10H10N4O. The Morgan fingerprint density at radius 2 is 2.07 bits per heavy atom. The van der Waals surface area contributed by atoms with E-state index in [-0.39, 0.29) is 0 Å². The first-order valence-electron chi connectivity index (χ1n) is 4.45. The van der Waals surface area contributed by atoms with Crippen molar-refractivity contribution in [2.75, 3.05) is 0 Å². The van der Waals surface area contributed by atoms with Crippen LogP contribution in [-0.4, -0.2) is 25.7 Å². The van der Waals surface area contributed by atoms with E-state index in [1.807, 2.05) is 30.3 Å². The number of aromatic nitrogens is 3. The van der Waals surface area contributed by atoms with E-state index in [0.717, 1.165) is 5.56 Å². The highest BCUT2D eigenvalue weighted by molar-refractivity contribution is 6.10. The molecule has 0 saturated carbocycles. The smallest absolute Gasteiger partial charge is 0.180 e. The molecule has 1 heterocycles. The zero-order valence-electron chi connectivity index (χ0n) is 8.20. The van der Waals surface area contributed by atoms with E-state index in [4.69, 9.17) is 5.21 Å². The molecule has 5 heteroatoms. The van der Waals surface area contributed by atoms with Gasteiger partial charge in [0.1, 0.15) is 6.33 Å². The average Bonchev–Trinajstić information content (AvgIpc) is 2.68. The van der Waals surface area contributed by atoms with E-state index in [1.165, 1.54) is 6.33 Å². The Bertz CT molecular complexity index is 475. The lowest BCUT2D eigenvalue weighted by Crippen LogP contribution is -2.11. The summed E-state index contributed by atoms with van der Waals surface area (Å²) < 4.78 is 1.56. The standard InChI is InChI=1S/C10H10N4O/c1-14-10(11-7-12-14)9(13-15)8-5-3-2-4-6-8/h2-7,15H,1H3/b13-9+. The van der Waals surface area contributed by atoms with Crippen molar-refractivity contribution in [1.29, 1.82) is 0 Å². The summed E-state index contributed by atoms with van der Waals surface area (Å²) in [6.45, 7) is 0. The van der Waals surface area contributed by atoms with Gasteiger partial charge in [-0.2, -0.15) is 5.10 Å². The molecule has 1 aromatic heterocycles. The molecule has 15 heavy (non-hydrogen) atoms. The number of hydrogen-bond acceptors (Lipinski definition) is 4. The number of aryl methyl sites for hydroxylation is 1. The van der Waals surface area contributed by atoms with Crippen LogP contribution in [-0.2, 0) is 7.05 Å². The summed E-state index contributed by atoms with van der Waals surface area (Å²) in [5, 5.41) is 16.2. The van der Waals surface area contributed by atoms with Gasteiger partial charge in [0.2, 0.25) is 0 Å². The average molecular weight is 202 g/mol. The molecule has 0 atom stereocenters. The largest absolute Gasteiger partial charge is 0.410 e. The third-order valence-corrected chi connectivity index (χ3v) is 2.07. The molecule has 0 bridgehead atoms. The third kappa shape index (κ3) is 1.71. The molecule has 0 aliphatic carbocycles. The van der Waals surface area contributed by atoms with Crippen LogP contribution in [0.15, 0.2) is 41.8 Å². The lowest BCUT2D eigenvalue weighted by Gasteiger charge is -2.02. The Labute approximate surface area is 86.7 Å². The van der Waals surface area contributed by atoms with Gasteiger partial charge in [-0.1, -0.05) is 35.5 Å². The first kappa shape index (κ1) is 9.39. The van der Waals surface area contributed by atoms with Crippen LogP contribution in [0.25, 0.3) is 0 Å². The lowest BCUT2D eigenvalue weighted by atomic mass is 10.1. The minimum atomic E-state index is 0.413. The van der Waals surface area contributed by atoms with E-state index in [1.54, 1.807) is 11.7 Å². The van der Waals surface area contributed by atoms with Crippen LogP contribution in [0.4, 0.5) is 0 Å². The molecule has 0 saturated heterocycles. The van der Waals surface area contributed by atoms with Crippen LogP contribution in [0.3, 0.4) is 0 Å². The predicted octanol–water partition coefficient (Wildman–Crippen LogP) is 1.04. The van der Waals surface area contributed by atoms with Crippen molar-refractivity contribution in [3.05, 3.63) is 48.0 Å². The van der Waals surface area contributed by atoms with Gasteiger partial charge < -0.3 is 5.21 Å². The number of nitrogens with zero attached hydrogens (tertiary/aromatic N) is 4. The molecule has 0 aliphatic rings. The maximum absolute atomic E-state index is 8.98. The fraction of sp³-hybridized carbons (Fsp3) is 0.100. The van der Waals surface area contributed by atoms with Gasteiger partial charge in [-0.3, -0.25) is 0 Å². The van der Waals surface area contributed by atoms with Crippen LogP contribution in [0.2, 0.25) is 0 Å². The molecule has 5 nitrogen and oxygen atoms in total. The number of oxime groups is 1. The zero-order chi connectivity index (χ0) is 10.7. The first-order valence-corrected chi connectivity index (χ1v) is 4.45. The Balaban J connectivity index is 2.48. The van der Waals surface area contributed by atoms with Crippen LogP contribution >= 0.6 is 0 Å². The van der Waals surface area contributed by atoms with E-state index in [9.17, 15) is 0 Å². The zero-order valence-corrected chi connectivity index (χ0v) is 8.20. The maximum Gasteiger partial charge on any atom is 0.180 e. The normalized spacial score (nSPS) is 11.7. The van der Waals surface area contributed by atoms with Crippen LogP contribution in [0.1, 0.15) is 11.4 Å². The van der Waals surface area contributed by atoms with Crippen LogP contribution in [0.5, 0.6) is 0 Å². The van der Waals surface area contributed by atoms with Crippen molar-refractivity contribution in [3.63, 3.8) is 0 Å². The summed E-state index contributed by atoms with van der Waals surface area (Å²) in [5.74, 6) is 0.531. The second-order valence-electron chi connectivity index (χ2n) is 3.02. The molecule has 0 spiro atoms. The van der Waals surface area contributed by atoms with Gasteiger partial charge in [0, 0.05) is 12.6 Å². The summed E-state index contributed by atoms with van der Waals surface area (Å²) in [5.41, 5.74) is 1.21. The van der Waals surface area contributed by atoms with Crippen molar-refractivity contribution < 1.29 is 5.21 Å². The van der Waals surface area contributed by atoms with E-state index >= 15 is 0 Å². The van der Waals surface area contributed by atoms with Crippen molar-refractivity contribution in [3.8, 4) is 0 Å². The van der Waals surface area contributed by atoms with Crippen LogP contribution in [0, 0.1) is 0 Å². The van der Waals surface area contributed by atoms with E-state index in [0.29, 0.717) is 11.5 Å². The van der Waals surface area contributed by atoms with Gasteiger partial charge >= 0.3 is 0 Å². The number of benzene rings is 1. The molecule has 1 N–H and O–H groups in total. The van der Waals surface area contributed by atoms with E-state index < -0.39 is 0 Å². The molecule has 76 valence electrons. The highest BCUT2D eigenvalue weighted by Crippen LogP contribution is 2.07. The van der Waals surface area contributed by atoms with Crippen molar-refractivity contribution in [1.82, 2.24) is 14.8 Å². The molecule has 0 radical (unpaired) electrons. The SMILES string of the molecule is Cn1ncnc1/C(=N/O)c1ccccc1. The fourth-order valence-electron chi connectivity index (χ4n) is 1.34. The second kappa shape index (κ2) is 3.91. The maximum atomic E-state index is 8.98. The lowest BCUT2D eigenvalue weighted by molar-refractivity contribution is 0.319. The molecule has 0 amide bonds. The summed E-state index contributed by atoms with van der Waals surface area (Å²) in [6, 6.07) is 9.34. The monoisotopic (exact) mass is 202 g/mol. The van der Waals surface area contributed by atoms with Gasteiger partial charge in [0.05, 0.1) is 0 Å². The summed E-state index contributed by atoms with van der Waals surface area (Å²) in [4.78, 5) is 4.02. The predicted molar refractivity (Wildman–Crippen MR) is 54.9 cm³/mol. The molecule has 0 fully saturated rings. The van der Waals surface area contributed by atoms with Crippen LogP contribution < -0.4 is 0 Å². The minimum Gasteiger partial charge on any atom is -0.410 e. The minimum absolute atomic E-state index is 0.413. The van der Waals surface area contributed by atoms with Gasteiger partial charge in [-0.15, -0.1) is 0 Å². The van der Waals surface area contributed by atoms with Gasteiger partial charge in [0.15, 0.2) is 11.5 Å². The van der Waals surface area contributed by atoms with Crippen molar-refractivity contribution in [2.24, 2.45) is 12.2 Å². The molecule has 2 rings (SSSR count). The molecule has 1 aromatic carbocycles. The van der Waals surface area contributed by atoms with Gasteiger partial charge in [-0.25, -0.2) is 9.67 Å². The fourth-order valence-corrected chi connectivity index (χ4v) is 1.34. The number of hydrogen-bond donors (Lipinski definition) is 1. The van der Waals surface area contributed by atoms with Crippen molar-refractivity contribution >= 4 is 5.71 Å². The Kier molecular flexibility index (Phi) is 2.45. The Morgan fingerprint density at radius 1 is 1.33 bits per heavy atom. The van der Waals surface area contributed by atoms with Gasteiger partial charge in [-0.05, 0) is 0 Å².